The van der Waals surface area contributed by atoms with E-state index in [1.807, 2.05) is 24.4 Å². The fourth-order valence-electron chi connectivity index (χ4n) is 2.85. The van der Waals surface area contributed by atoms with Gasteiger partial charge in [-0.1, -0.05) is 18.2 Å². The number of para-hydroxylation sites is 1. The molecule has 1 atom stereocenters. The molecule has 0 radical (unpaired) electrons. The number of hydrogen-bond acceptors (Lipinski definition) is 2. The largest absolute Gasteiger partial charge is 0.361 e. The Hall–Kier alpha value is -1.37. The fourth-order valence-corrected chi connectivity index (χ4v) is 4.02. The van der Waals surface area contributed by atoms with Crippen molar-refractivity contribution in [1.29, 1.82) is 0 Å². The molecule has 2 aromatic rings. The van der Waals surface area contributed by atoms with Gasteiger partial charge in [-0.05, 0) is 18.1 Å². The van der Waals surface area contributed by atoms with Crippen molar-refractivity contribution in [2.24, 2.45) is 0 Å². The Balaban J connectivity index is 1.88. The van der Waals surface area contributed by atoms with Crippen molar-refractivity contribution in [1.82, 2.24) is 13.6 Å². The molecular weight excluding hydrogens is 274 g/mol. The van der Waals surface area contributed by atoms with Crippen molar-refractivity contribution in [3.8, 4) is 0 Å². The molecule has 1 saturated heterocycles. The van der Waals surface area contributed by atoms with Gasteiger partial charge in [0, 0.05) is 50.2 Å². The first-order valence-corrected chi connectivity index (χ1v) is 8.13. The summed E-state index contributed by atoms with van der Waals surface area (Å²) in [5.41, 5.74) is 2.33. The van der Waals surface area contributed by atoms with Gasteiger partial charge in [0.05, 0.1) is 0 Å². The molecule has 1 aromatic heterocycles. The van der Waals surface area contributed by atoms with Gasteiger partial charge in [0.2, 0.25) is 0 Å². The number of nitrogens with one attached hydrogen (secondary N) is 1. The highest BCUT2D eigenvalue weighted by molar-refractivity contribution is 7.86. The van der Waals surface area contributed by atoms with E-state index in [9.17, 15) is 8.42 Å². The lowest BCUT2D eigenvalue weighted by atomic mass is 9.98. The Bertz CT molecular complexity index is 721. The summed E-state index contributed by atoms with van der Waals surface area (Å²) < 4.78 is 27.2. The predicted molar refractivity (Wildman–Crippen MR) is 79.8 cm³/mol. The fraction of sp³-hybridized carbons (Fsp3) is 0.429. The SMILES string of the molecule is CN(C)S(=O)(=O)N1CCC(c2c[nH]c3ccccc23)C1. The summed E-state index contributed by atoms with van der Waals surface area (Å²) in [4.78, 5) is 3.26. The minimum atomic E-state index is -3.30. The molecule has 2 heterocycles. The van der Waals surface area contributed by atoms with E-state index in [-0.39, 0.29) is 5.92 Å². The van der Waals surface area contributed by atoms with Gasteiger partial charge in [-0.25, -0.2) is 0 Å². The van der Waals surface area contributed by atoms with Gasteiger partial charge in [0.1, 0.15) is 0 Å². The topological polar surface area (TPSA) is 56.4 Å². The van der Waals surface area contributed by atoms with Gasteiger partial charge < -0.3 is 4.98 Å². The van der Waals surface area contributed by atoms with Crippen LogP contribution in [0.4, 0.5) is 0 Å². The lowest BCUT2D eigenvalue weighted by Crippen LogP contribution is -2.38. The maximum atomic E-state index is 12.2. The zero-order valence-electron chi connectivity index (χ0n) is 11.7. The summed E-state index contributed by atoms with van der Waals surface area (Å²) in [5, 5.41) is 1.20. The number of nitrogens with zero attached hydrogens (tertiary/aromatic N) is 2. The number of rotatable bonds is 3. The van der Waals surface area contributed by atoms with Crippen molar-refractivity contribution >= 4 is 21.1 Å². The van der Waals surface area contributed by atoms with Crippen molar-refractivity contribution < 1.29 is 8.42 Å². The first kappa shape index (κ1) is 13.6. The van der Waals surface area contributed by atoms with E-state index >= 15 is 0 Å². The first-order valence-electron chi connectivity index (χ1n) is 6.74. The molecule has 6 heteroatoms. The summed E-state index contributed by atoms with van der Waals surface area (Å²) in [6.45, 7) is 1.15. The maximum absolute atomic E-state index is 12.2. The monoisotopic (exact) mass is 293 g/mol. The van der Waals surface area contributed by atoms with Crippen molar-refractivity contribution in [3.05, 3.63) is 36.0 Å². The minimum absolute atomic E-state index is 0.265. The van der Waals surface area contributed by atoms with Crippen LogP contribution < -0.4 is 0 Å². The van der Waals surface area contributed by atoms with Crippen molar-refractivity contribution in [3.63, 3.8) is 0 Å². The first-order chi connectivity index (χ1) is 9.50. The summed E-state index contributed by atoms with van der Waals surface area (Å²) in [6, 6.07) is 8.15. The highest BCUT2D eigenvalue weighted by Gasteiger charge is 2.34. The van der Waals surface area contributed by atoms with Crippen LogP contribution in [0.5, 0.6) is 0 Å². The molecule has 1 aliphatic heterocycles. The number of hydrogen-bond donors (Lipinski definition) is 1. The van der Waals surface area contributed by atoms with E-state index in [4.69, 9.17) is 0 Å². The quantitative estimate of drug-likeness (QED) is 0.937. The lowest BCUT2D eigenvalue weighted by molar-refractivity contribution is 0.419. The van der Waals surface area contributed by atoms with Crippen LogP contribution in [0.25, 0.3) is 10.9 Å². The molecule has 20 heavy (non-hydrogen) atoms. The average Bonchev–Trinajstić information content (AvgIpc) is 3.04. The van der Waals surface area contributed by atoms with E-state index in [1.54, 1.807) is 18.4 Å². The molecule has 1 fully saturated rings. The third-order valence-electron chi connectivity index (χ3n) is 4.00. The van der Waals surface area contributed by atoms with E-state index in [0.717, 1.165) is 11.9 Å². The molecule has 0 bridgehead atoms. The molecule has 5 nitrogen and oxygen atoms in total. The standard InChI is InChI=1S/C14H19N3O2S/c1-16(2)20(18,19)17-8-7-11(10-17)13-9-15-14-6-4-3-5-12(13)14/h3-6,9,11,15H,7-8,10H2,1-2H3. The van der Waals surface area contributed by atoms with E-state index in [2.05, 4.69) is 11.1 Å². The normalized spacial score (nSPS) is 21.1. The summed E-state index contributed by atoms with van der Waals surface area (Å²) in [7, 11) is -0.142. The third-order valence-corrected chi connectivity index (χ3v) is 5.91. The molecule has 1 unspecified atom stereocenters. The summed E-state index contributed by atoms with van der Waals surface area (Å²) in [5.74, 6) is 0.265. The van der Waals surface area contributed by atoms with Crippen LogP contribution in [0.1, 0.15) is 17.9 Å². The molecule has 1 aliphatic rings. The van der Waals surface area contributed by atoms with Crippen LogP contribution in [-0.2, 0) is 10.2 Å². The Kier molecular flexibility index (Phi) is 3.32. The molecule has 1 N–H and O–H groups in total. The van der Waals surface area contributed by atoms with E-state index in [1.165, 1.54) is 15.3 Å². The lowest BCUT2D eigenvalue weighted by Gasteiger charge is -2.20. The second kappa shape index (κ2) is 4.87. The Labute approximate surface area is 119 Å². The number of fused-ring (bicyclic) bond motifs is 1. The molecule has 108 valence electrons. The number of H-pyrrole nitrogens is 1. The van der Waals surface area contributed by atoms with Crippen LogP contribution in [-0.4, -0.2) is 49.2 Å². The summed E-state index contributed by atoms with van der Waals surface area (Å²) in [6.07, 6.45) is 2.88. The zero-order valence-corrected chi connectivity index (χ0v) is 12.5. The third kappa shape index (κ3) is 2.13. The van der Waals surface area contributed by atoms with E-state index < -0.39 is 10.2 Å². The molecule has 0 aliphatic carbocycles. The van der Waals surface area contributed by atoms with E-state index in [0.29, 0.717) is 13.1 Å². The Morgan fingerprint density at radius 3 is 2.80 bits per heavy atom. The van der Waals surface area contributed by atoms with Gasteiger partial charge in [0.25, 0.3) is 10.2 Å². The summed E-state index contributed by atoms with van der Waals surface area (Å²) >= 11 is 0. The van der Waals surface area contributed by atoms with Crippen LogP contribution in [0.3, 0.4) is 0 Å². The van der Waals surface area contributed by atoms with Gasteiger partial charge in [-0.3, -0.25) is 0 Å². The zero-order chi connectivity index (χ0) is 14.3. The second-order valence-corrected chi connectivity index (χ2v) is 7.57. The van der Waals surface area contributed by atoms with Gasteiger partial charge in [0.15, 0.2) is 0 Å². The van der Waals surface area contributed by atoms with Crippen LogP contribution >= 0.6 is 0 Å². The number of aromatic nitrogens is 1. The molecular formula is C14H19N3O2S. The van der Waals surface area contributed by atoms with Crippen LogP contribution in [0.2, 0.25) is 0 Å². The minimum Gasteiger partial charge on any atom is -0.361 e. The van der Waals surface area contributed by atoms with Gasteiger partial charge in [-0.2, -0.15) is 17.0 Å². The van der Waals surface area contributed by atoms with Gasteiger partial charge in [-0.15, -0.1) is 0 Å². The Morgan fingerprint density at radius 2 is 2.05 bits per heavy atom. The second-order valence-electron chi connectivity index (χ2n) is 5.42. The Morgan fingerprint density at radius 1 is 1.30 bits per heavy atom. The van der Waals surface area contributed by atoms with Crippen molar-refractivity contribution in [2.75, 3.05) is 27.2 Å². The number of benzene rings is 1. The van der Waals surface area contributed by atoms with Crippen LogP contribution in [0.15, 0.2) is 30.5 Å². The molecule has 0 saturated carbocycles. The highest BCUT2D eigenvalue weighted by atomic mass is 32.2. The maximum Gasteiger partial charge on any atom is 0.281 e. The molecule has 0 spiro atoms. The van der Waals surface area contributed by atoms with Crippen LogP contribution in [0, 0.1) is 0 Å². The van der Waals surface area contributed by atoms with Gasteiger partial charge >= 0.3 is 0 Å². The molecule has 3 rings (SSSR count). The number of aromatic amines is 1. The average molecular weight is 293 g/mol. The molecule has 0 amide bonds. The smallest absolute Gasteiger partial charge is 0.281 e. The molecule has 1 aromatic carbocycles. The van der Waals surface area contributed by atoms with Crippen molar-refractivity contribution in [2.45, 2.75) is 12.3 Å². The highest BCUT2D eigenvalue weighted by Crippen LogP contribution is 2.33. The predicted octanol–water partition coefficient (Wildman–Crippen LogP) is 1.76.